The highest BCUT2D eigenvalue weighted by Crippen LogP contribution is 2.28. The van der Waals surface area contributed by atoms with Crippen LogP contribution in [0.2, 0.25) is 0 Å². The predicted molar refractivity (Wildman–Crippen MR) is 108 cm³/mol. The Bertz CT molecular complexity index is 705. The molecule has 0 aromatic heterocycles. The van der Waals surface area contributed by atoms with E-state index in [9.17, 15) is 9.59 Å². The van der Waals surface area contributed by atoms with E-state index in [0.717, 1.165) is 24.8 Å². The van der Waals surface area contributed by atoms with Gasteiger partial charge in [-0.25, -0.2) is 4.79 Å². The highest BCUT2D eigenvalue weighted by Gasteiger charge is 2.32. The molecule has 1 fully saturated rings. The van der Waals surface area contributed by atoms with Gasteiger partial charge in [-0.05, 0) is 70.7 Å². The molecule has 0 N–H and O–H groups in total. The fourth-order valence-electron chi connectivity index (χ4n) is 3.56. The third-order valence-corrected chi connectivity index (χ3v) is 4.99. The number of benzene rings is 1. The monoisotopic (exact) mass is 389 g/mol. The van der Waals surface area contributed by atoms with Crippen molar-refractivity contribution in [2.24, 2.45) is 0 Å². The molecule has 6 nitrogen and oxygen atoms in total. The number of carbonyl (C=O) groups excluding carboxylic acids is 2. The van der Waals surface area contributed by atoms with Crippen molar-refractivity contribution in [3.8, 4) is 11.5 Å². The molecule has 0 unspecified atom stereocenters. The Morgan fingerprint density at radius 2 is 1.89 bits per heavy atom. The Labute approximate surface area is 167 Å². The molecule has 1 aliphatic heterocycles. The molecule has 1 amide bonds. The molecule has 0 aliphatic carbocycles. The average Bonchev–Trinajstić information content (AvgIpc) is 2.67. The number of methoxy groups -OCH3 is 1. The van der Waals surface area contributed by atoms with Crippen molar-refractivity contribution in [1.82, 2.24) is 4.90 Å². The molecule has 3 atom stereocenters. The summed E-state index contributed by atoms with van der Waals surface area (Å²) in [5, 5.41) is 0. The maximum absolute atomic E-state index is 12.7. The third-order valence-electron chi connectivity index (χ3n) is 4.99. The number of likely N-dealkylation sites (tertiary alicyclic amines) is 1. The standard InChI is InChI=1S/C22H31NO5/c1-6-27-19-12-10-18(14-20(19)26-5)11-13-21(24)28-17(4)22(25)23-15(2)8-7-9-16(23)3/h10-17H,6-9H2,1-5H3/b13-11+/t15-,16-,17+/m0/s1. The Kier molecular flexibility index (Phi) is 7.91. The van der Waals surface area contributed by atoms with Crippen molar-refractivity contribution in [2.75, 3.05) is 13.7 Å². The maximum atomic E-state index is 12.7. The molecule has 1 aliphatic rings. The average molecular weight is 389 g/mol. The van der Waals surface area contributed by atoms with E-state index in [1.807, 2.05) is 31.7 Å². The SMILES string of the molecule is CCOc1ccc(/C=C/C(=O)O[C@H](C)C(=O)N2[C@@H](C)CCC[C@@H]2C)cc1OC. The zero-order valence-corrected chi connectivity index (χ0v) is 17.4. The lowest BCUT2D eigenvalue weighted by molar-refractivity contribution is -0.158. The van der Waals surface area contributed by atoms with E-state index < -0.39 is 12.1 Å². The predicted octanol–water partition coefficient (Wildman–Crippen LogP) is 3.83. The van der Waals surface area contributed by atoms with Gasteiger partial charge in [0.15, 0.2) is 17.6 Å². The molecular formula is C22H31NO5. The van der Waals surface area contributed by atoms with Crippen molar-refractivity contribution in [3.63, 3.8) is 0 Å². The second kappa shape index (κ2) is 10.2. The fourth-order valence-corrected chi connectivity index (χ4v) is 3.56. The molecule has 2 rings (SSSR count). The van der Waals surface area contributed by atoms with Crippen LogP contribution >= 0.6 is 0 Å². The minimum atomic E-state index is -0.810. The van der Waals surface area contributed by atoms with Gasteiger partial charge in [0.25, 0.3) is 5.91 Å². The van der Waals surface area contributed by atoms with Gasteiger partial charge in [0.1, 0.15) is 0 Å². The van der Waals surface area contributed by atoms with E-state index in [0.29, 0.717) is 18.1 Å². The van der Waals surface area contributed by atoms with Crippen molar-refractivity contribution < 1.29 is 23.8 Å². The van der Waals surface area contributed by atoms with Crippen LogP contribution in [-0.2, 0) is 14.3 Å². The number of nitrogens with zero attached hydrogens (tertiary/aromatic N) is 1. The van der Waals surface area contributed by atoms with Crippen molar-refractivity contribution in [3.05, 3.63) is 29.8 Å². The molecule has 1 heterocycles. The quantitative estimate of drug-likeness (QED) is 0.524. The number of ether oxygens (including phenoxy) is 3. The van der Waals surface area contributed by atoms with Gasteiger partial charge in [-0.15, -0.1) is 0 Å². The summed E-state index contributed by atoms with van der Waals surface area (Å²) in [4.78, 5) is 26.7. The van der Waals surface area contributed by atoms with Crippen LogP contribution in [0.5, 0.6) is 11.5 Å². The molecule has 154 valence electrons. The van der Waals surface area contributed by atoms with Crippen molar-refractivity contribution >= 4 is 18.0 Å². The molecule has 28 heavy (non-hydrogen) atoms. The fraction of sp³-hybridized carbons (Fsp3) is 0.545. The van der Waals surface area contributed by atoms with Gasteiger partial charge < -0.3 is 19.1 Å². The summed E-state index contributed by atoms with van der Waals surface area (Å²) in [6.07, 6.45) is 5.22. The lowest BCUT2D eigenvalue weighted by Crippen LogP contribution is -2.51. The zero-order chi connectivity index (χ0) is 20.7. The largest absolute Gasteiger partial charge is 0.493 e. The highest BCUT2D eigenvalue weighted by molar-refractivity contribution is 5.90. The molecule has 0 spiro atoms. The first-order valence-electron chi connectivity index (χ1n) is 9.89. The summed E-state index contributed by atoms with van der Waals surface area (Å²) in [7, 11) is 1.56. The summed E-state index contributed by atoms with van der Waals surface area (Å²) >= 11 is 0. The Morgan fingerprint density at radius 1 is 1.21 bits per heavy atom. The summed E-state index contributed by atoms with van der Waals surface area (Å²) < 4.78 is 16.1. The van der Waals surface area contributed by atoms with Crippen LogP contribution in [0.3, 0.4) is 0 Å². The number of esters is 1. The van der Waals surface area contributed by atoms with Gasteiger partial charge in [0.05, 0.1) is 13.7 Å². The van der Waals surface area contributed by atoms with E-state index in [1.165, 1.54) is 6.08 Å². The van der Waals surface area contributed by atoms with Crippen LogP contribution in [0.4, 0.5) is 0 Å². The van der Waals surface area contributed by atoms with Gasteiger partial charge in [0.2, 0.25) is 0 Å². The van der Waals surface area contributed by atoms with Gasteiger partial charge in [-0.2, -0.15) is 0 Å². The molecule has 6 heteroatoms. The van der Waals surface area contributed by atoms with Crippen LogP contribution in [0.1, 0.15) is 52.5 Å². The van der Waals surface area contributed by atoms with Crippen LogP contribution in [-0.4, -0.2) is 48.7 Å². The number of piperidine rings is 1. The van der Waals surface area contributed by atoms with Crippen LogP contribution < -0.4 is 9.47 Å². The van der Waals surface area contributed by atoms with Crippen LogP contribution in [0.25, 0.3) is 6.08 Å². The van der Waals surface area contributed by atoms with Gasteiger partial charge in [-0.3, -0.25) is 4.79 Å². The second-order valence-electron chi connectivity index (χ2n) is 7.13. The van der Waals surface area contributed by atoms with Crippen molar-refractivity contribution in [1.29, 1.82) is 0 Å². The first kappa shape index (κ1) is 21.8. The third kappa shape index (κ3) is 5.50. The zero-order valence-electron chi connectivity index (χ0n) is 17.4. The number of rotatable bonds is 7. The topological polar surface area (TPSA) is 65.1 Å². The minimum absolute atomic E-state index is 0.135. The van der Waals surface area contributed by atoms with Gasteiger partial charge >= 0.3 is 5.97 Å². The summed E-state index contributed by atoms with van der Waals surface area (Å²) in [5.74, 6) is 0.554. The summed E-state index contributed by atoms with van der Waals surface area (Å²) in [6, 6.07) is 5.73. The highest BCUT2D eigenvalue weighted by atomic mass is 16.5. The number of carbonyl (C=O) groups is 2. The number of amides is 1. The van der Waals surface area contributed by atoms with E-state index in [2.05, 4.69) is 0 Å². The van der Waals surface area contributed by atoms with E-state index in [-0.39, 0.29) is 18.0 Å². The second-order valence-corrected chi connectivity index (χ2v) is 7.13. The Balaban J connectivity index is 1.98. The first-order chi connectivity index (χ1) is 13.4. The molecule has 1 aromatic rings. The molecule has 1 saturated heterocycles. The normalized spacial score (nSPS) is 20.7. The number of hydrogen-bond acceptors (Lipinski definition) is 5. The van der Waals surface area contributed by atoms with E-state index in [4.69, 9.17) is 14.2 Å². The minimum Gasteiger partial charge on any atom is -0.493 e. The van der Waals surface area contributed by atoms with E-state index >= 15 is 0 Å². The van der Waals surface area contributed by atoms with Gasteiger partial charge in [-0.1, -0.05) is 6.07 Å². The smallest absolute Gasteiger partial charge is 0.331 e. The summed E-state index contributed by atoms with van der Waals surface area (Å²) in [6.45, 7) is 8.15. The molecule has 0 radical (unpaired) electrons. The molecular weight excluding hydrogens is 358 g/mol. The lowest BCUT2D eigenvalue weighted by Gasteiger charge is -2.40. The molecule has 1 aromatic carbocycles. The van der Waals surface area contributed by atoms with Crippen LogP contribution in [0.15, 0.2) is 24.3 Å². The van der Waals surface area contributed by atoms with Gasteiger partial charge in [0, 0.05) is 18.2 Å². The maximum Gasteiger partial charge on any atom is 0.331 e. The Hall–Kier alpha value is -2.50. The first-order valence-corrected chi connectivity index (χ1v) is 9.89. The molecule has 0 saturated carbocycles. The van der Waals surface area contributed by atoms with E-state index in [1.54, 1.807) is 32.2 Å². The number of hydrogen-bond donors (Lipinski definition) is 0. The molecule has 0 bridgehead atoms. The van der Waals surface area contributed by atoms with Crippen molar-refractivity contribution in [2.45, 2.75) is 65.1 Å². The Morgan fingerprint density at radius 3 is 2.50 bits per heavy atom. The van der Waals surface area contributed by atoms with Crippen LogP contribution in [0, 0.1) is 0 Å². The summed E-state index contributed by atoms with van der Waals surface area (Å²) in [5.41, 5.74) is 0.773. The lowest BCUT2D eigenvalue weighted by atomic mass is 9.97.